The van der Waals surface area contributed by atoms with Crippen molar-refractivity contribution in [1.82, 2.24) is 9.88 Å². The number of nitrogens with two attached hydrogens (primary N) is 1. The fourth-order valence-corrected chi connectivity index (χ4v) is 10.3. The molecule has 0 aliphatic carbocycles. The van der Waals surface area contributed by atoms with Crippen molar-refractivity contribution in [3.63, 3.8) is 0 Å². The van der Waals surface area contributed by atoms with E-state index in [4.69, 9.17) is 15.7 Å². The van der Waals surface area contributed by atoms with E-state index in [2.05, 4.69) is 228 Å². The first-order valence-electron chi connectivity index (χ1n) is 23.1. The number of nitrogens with zero attached hydrogens (tertiary/aromatic N) is 3. The molecule has 0 bridgehead atoms. The van der Waals surface area contributed by atoms with Crippen LogP contribution >= 0.6 is 0 Å². The maximum atomic E-state index is 6.83. The molecule has 0 saturated heterocycles. The first kappa shape index (κ1) is 39.3. The number of hydrogen-bond donors (Lipinski definition) is 2. The second-order valence-corrected chi connectivity index (χ2v) is 17.6. The summed E-state index contributed by atoms with van der Waals surface area (Å²) in [6, 6.07) is 84.2. The summed E-state index contributed by atoms with van der Waals surface area (Å²) in [5.41, 5.74) is 20.4. The highest BCUT2D eigenvalue weighted by Gasteiger charge is 2.27. The van der Waals surface area contributed by atoms with Crippen LogP contribution in [0.25, 0.3) is 93.2 Å². The van der Waals surface area contributed by atoms with Gasteiger partial charge in [-0.05, 0) is 102 Å². The third kappa shape index (κ3) is 6.63. The summed E-state index contributed by atoms with van der Waals surface area (Å²) in [6.45, 7) is 0. The molecule has 0 radical (unpaired) electrons. The largest absolute Gasteiger partial charge is 0.399 e. The summed E-state index contributed by atoms with van der Waals surface area (Å²) in [6.07, 6.45) is -0.447. The second kappa shape index (κ2) is 16.1. The second-order valence-electron chi connectivity index (χ2n) is 17.6. The number of nitrogens with one attached hydrogen (secondary N) is 1. The van der Waals surface area contributed by atoms with Crippen LogP contribution in [0, 0.1) is 0 Å². The minimum Gasteiger partial charge on any atom is -0.399 e. The fraction of sp³-hybridized carbons (Fsp3) is 0.0159. The standard InChI is InChI=1S/C63H43N5/c64-48-34-36-58(56(39-48)63-66-61(44-30-27-42(28-31-44)40-15-3-1-4-16-40)65-62(67-63)54-25-12-9-21-49(54)43-18-5-2-6-19-43)68-57-26-14-13-23-51(57)53-35-33-47-38-55(46-32-29-41-17-7-8-20-45(41)37-46)50-22-10-11-24-52(50)59(47)60(53)68/h1-39,61H,64H2,(H,65,66,67). The van der Waals surface area contributed by atoms with Gasteiger partial charge in [0.05, 0.1) is 16.7 Å². The third-order valence-corrected chi connectivity index (χ3v) is 13.6. The van der Waals surface area contributed by atoms with Gasteiger partial charge in [0.25, 0.3) is 0 Å². The molecular weight excluding hydrogens is 827 g/mol. The van der Waals surface area contributed by atoms with E-state index in [1.54, 1.807) is 0 Å². The van der Waals surface area contributed by atoms with E-state index >= 15 is 0 Å². The molecule has 13 rings (SSSR count). The molecule has 2 heterocycles. The Morgan fingerprint density at radius 1 is 0.412 bits per heavy atom. The van der Waals surface area contributed by atoms with Crippen LogP contribution in [0.2, 0.25) is 0 Å². The lowest BCUT2D eigenvalue weighted by Gasteiger charge is -2.26. The number of aromatic nitrogens is 1. The smallest absolute Gasteiger partial charge is 0.160 e. The van der Waals surface area contributed by atoms with Gasteiger partial charge in [-0.2, -0.15) is 0 Å². The summed E-state index contributed by atoms with van der Waals surface area (Å²) < 4.78 is 2.43. The van der Waals surface area contributed by atoms with E-state index in [-0.39, 0.29) is 0 Å². The number of anilines is 1. The Balaban J connectivity index is 1.04. The predicted molar refractivity (Wildman–Crippen MR) is 286 cm³/mol. The van der Waals surface area contributed by atoms with Crippen LogP contribution in [0.5, 0.6) is 0 Å². The fourth-order valence-electron chi connectivity index (χ4n) is 10.3. The molecule has 11 aromatic carbocycles. The Hall–Kier alpha value is -9.06. The van der Waals surface area contributed by atoms with Crippen LogP contribution < -0.4 is 11.1 Å². The van der Waals surface area contributed by atoms with Crippen molar-refractivity contribution >= 4 is 71.5 Å². The van der Waals surface area contributed by atoms with Gasteiger partial charge in [0.2, 0.25) is 0 Å². The Kier molecular flexibility index (Phi) is 9.32. The molecule has 1 aromatic heterocycles. The van der Waals surface area contributed by atoms with Crippen molar-refractivity contribution in [3.8, 4) is 39.1 Å². The van der Waals surface area contributed by atoms with E-state index in [1.165, 1.54) is 59.8 Å². The number of fused-ring (bicyclic) bond motifs is 8. The van der Waals surface area contributed by atoms with E-state index < -0.39 is 6.17 Å². The topological polar surface area (TPSA) is 67.7 Å². The van der Waals surface area contributed by atoms with Crippen LogP contribution in [0.3, 0.4) is 0 Å². The van der Waals surface area contributed by atoms with Gasteiger partial charge in [-0.1, -0.05) is 200 Å². The van der Waals surface area contributed by atoms with Crippen molar-refractivity contribution in [3.05, 3.63) is 253 Å². The van der Waals surface area contributed by atoms with Gasteiger partial charge in [0.1, 0.15) is 12.0 Å². The van der Waals surface area contributed by atoms with Crippen LogP contribution in [0.15, 0.2) is 247 Å². The predicted octanol–water partition coefficient (Wildman–Crippen LogP) is 15.3. The van der Waals surface area contributed by atoms with Gasteiger partial charge in [0, 0.05) is 33.0 Å². The molecule has 5 heteroatoms. The van der Waals surface area contributed by atoms with Crippen molar-refractivity contribution in [2.75, 3.05) is 5.73 Å². The third-order valence-electron chi connectivity index (χ3n) is 13.6. The van der Waals surface area contributed by atoms with E-state index in [1.807, 2.05) is 18.2 Å². The quantitative estimate of drug-likeness (QED) is 0.124. The van der Waals surface area contributed by atoms with Crippen LogP contribution in [-0.2, 0) is 0 Å². The average Bonchev–Trinajstić information content (AvgIpc) is 3.75. The number of aliphatic imine (C=N–C) groups is 2. The van der Waals surface area contributed by atoms with Crippen LogP contribution in [-0.4, -0.2) is 16.2 Å². The molecule has 0 saturated carbocycles. The van der Waals surface area contributed by atoms with Crippen molar-refractivity contribution in [2.45, 2.75) is 6.17 Å². The molecule has 1 aliphatic rings. The Labute approximate surface area is 393 Å². The first-order chi connectivity index (χ1) is 33.6. The van der Waals surface area contributed by atoms with E-state index in [0.717, 1.165) is 50.1 Å². The molecule has 0 amide bonds. The SMILES string of the molecule is Nc1ccc(-n2c3ccccc3c3ccc4cc(-c5ccc6ccccc6c5)c5ccccc5c4c32)c(C2=NC(c3ccccc3-c3ccccc3)=NC(c3ccc(-c4ccccc4)cc3)N2)c1. The van der Waals surface area contributed by atoms with Gasteiger partial charge in [0.15, 0.2) is 5.84 Å². The van der Waals surface area contributed by atoms with Crippen LogP contribution in [0.1, 0.15) is 22.9 Å². The number of para-hydroxylation sites is 1. The first-order valence-corrected chi connectivity index (χ1v) is 23.1. The Morgan fingerprint density at radius 2 is 1.04 bits per heavy atom. The molecular formula is C63H43N5. The van der Waals surface area contributed by atoms with Gasteiger partial charge < -0.3 is 15.6 Å². The highest BCUT2D eigenvalue weighted by molar-refractivity contribution is 6.28. The monoisotopic (exact) mass is 869 g/mol. The Morgan fingerprint density at radius 3 is 1.85 bits per heavy atom. The summed E-state index contributed by atoms with van der Waals surface area (Å²) in [5.74, 6) is 1.33. The van der Waals surface area contributed by atoms with Crippen LogP contribution in [0.4, 0.5) is 5.69 Å². The van der Waals surface area contributed by atoms with Crippen molar-refractivity contribution < 1.29 is 0 Å². The summed E-state index contributed by atoms with van der Waals surface area (Å²) in [5, 5.41) is 13.4. The average molecular weight is 870 g/mol. The van der Waals surface area contributed by atoms with Gasteiger partial charge in [-0.3, -0.25) is 0 Å². The molecule has 320 valence electrons. The molecule has 1 atom stereocenters. The molecule has 1 aliphatic heterocycles. The maximum absolute atomic E-state index is 6.83. The zero-order chi connectivity index (χ0) is 45.1. The summed E-state index contributed by atoms with van der Waals surface area (Å²) in [4.78, 5) is 10.9. The van der Waals surface area contributed by atoms with Gasteiger partial charge >= 0.3 is 0 Å². The number of amidine groups is 2. The molecule has 3 N–H and O–H groups in total. The van der Waals surface area contributed by atoms with Gasteiger partial charge in [-0.15, -0.1) is 0 Å². The molecule has 0 fully saturated rings. The summed E-state index contributed by atoms with van der Waals surface area (Å²) in [7, 11) is 0. The number of rotatable bonds is 7. The van der Waals surface area contributed by atoms with Crippen molar-refractivity contribution in [2.24, 2.45) is 9.98 Å². The maximum Gasteiger partial charge on any atom is 0.160 e. The highest BCUT2D eigenvalue weighted by atomic mass is 15.2. The molecule has 5 nitrogen and oxygen atoms in total. The number of benzene rings is 11. The molecule has 1 unspecified atom stereocenters. The number of hydrogen-bond acceptors (Lipinski definition) is 4. The van der Waals surface area contributed by atoms with E-state index in [0.29, 0.717) is 17.4 Å². The molecule has 0 spiro atoms. The number of nitrogen functional groups attached to an aromatic ring is 1. The highest BCUT2D eigenvalue weighted by Crippen LogP contribution is 2.44. The minimum atomic E-state index is -0.447. The lowest BCUT2D eigenvalue weighted by Crippen LogP contribution is -2.34. The normalized spacial score (nSPS) is 13.8. The van der Waals surface area contributed by atoms with Gasteiger partial charge in [-0.25, -0.2) is 9.98 Å². The van der Waals surface area contributed by atoms with E-state index in [9.17, 15) is 0 Å². The van der Waals surface area contributed by atoms with Crippen molar-refractivity contribution in [1.29, 1.82) is 0 Å². The zero-order valence-corrected chi connectivity index (χ0v) is 37.0. The lowest BCUT2D eigenvalue weighted by molar-refractivity contribution is 0.674. The Bertz CT molecular complexity index is 4000. The molecule has 12 aromatic rings. The lowest BCUT2D eigenvalue weighted by atomic mass is 9.91. The zero-order valence-electron chi connectivity index (χ0n) is 37.0. The minimum absolute atomic E-state index is 0.447. The molecule has 68 heavy (non-hydrogen) atoms. The summed E-state index contributed by atoms with van der Waals surface area (Å²) >= 11 is 0.